The van der Waals surface area contributed by atoms with Gasteiger partial charge in [-0.2, -0.15) is 0 Å². The average Bonchev–Trinajstić information content (AvgIpc) is 2.81. The number of rotatable bonds is 3. The number of benzene rings is 1. The molecule has 0 aliphatic carbocycles. The van der Waals surface area contributed by atoms with Crippen molar-refractivity contribution in [3.8, 4) is 0 Å². The summed E-state index contributed by atoms with van der Waals surface area (Å²) in [5.41, 5.74) is 0.871. The molecule has 0 aliphatic rings. The maximum atomic E-state index is 5.88. The highest BCUT2D eigenvalue weighted by atomic mass is 79.9. The first-order valence-corrected chi connectivity index (χ1v) is 7.37. The summed E-state index contributed by atoms with van der Waals surface area (Å²) in [5, 5.41) is 4.81. The van der Waals surface area contributed by atoms with Crippen LogP contribution in [0.4, 0.5) is 5.82 Å². The fourth-order valence-electron chi connectivity index (χ4n) is 2.03. The Balaban J connectivity index is 1.86. The zero-order valence-corrected chi connectivity index (χ0v) is 13.1. The van der Waals surface area contributed by atoms with E-state index in [1.54, 1.807) is 6.07 Å². The number of fused-ring (bicyclic) bond motifs is 1. The van der Waals surface area contributed by atoms with E-state index in [-0.39, 0.29) is 6.04 Å². The number of anilines is 1. The van der Waals surface area contributed by atoms with Crippen molar-refractivity contribution in [2.45, 2.75) is 13.0 Å². The zero-order chi connectivity index (χ0) is 14.1. The molecule has 3 rings (SSSR count). The fourth-order valence-corrected chi connectivity index (χ4v) is 2.57. The standard InChI is InChI=1S/C15H12BrClN2O/c1-9(18-15-4-2-3-14(17)19-15)13-8-10-7-11(16)5-6-12(10)20-13/h2-9H,1H3,(H,18,19). The van der Waals surface area contributed by atoms with E-state index < -0.39 is 0 Å². The Labute approximate surface area is 130 Å². The minimum atomic E-state index is 0.00661. The molecule has 0 aliphatic heterocycles. The summed E-state index contributed by atoms with van der Waals surface area (Å²) in [4.78, 5) is 4.21. The summed E-state index contributed by atoms with van der Waals surface area (Å²) < 4.78 is 6.88. The van der Waals surface area contributed by atoms with Crippen LogP contribution >= 0.6 is 27.5 Å². The molecular weight excluding hydrogens is 340 g/mol. The molecule has 0 saturated heterocycles. The Bertz CT molecular complexity index is 756. The Hall–Kier alpha value is -1.52. The first-order chi connectivity index (χ1) is 9.61. The van der Waals surface area contributed by atoms with Gasteiger partial charge in [-0.05, 0) is 43.3 Å². The van der Waals surface area contributed by atoms with Crippen molar-refractivity contribution in [1.29, 1.82) is 0 Å². The lowest BCUT2D eigenvalue weighted by molar-refractivity contribution is 0.525. The van der Waals surface area contributed by atoms with E-state index in [0.717, 1.165) is 27.0 Å². The van der Waals surface area contributed by atoms with Gasteiger partial charge in [0.15, 0.2) is 0 Å². The van der Waals surface area contributed by atoms with Gasteiger partial charge in [0.05, 0.1) is 6.04 Å². The summed E-state index contributed by atoms with van der Waals surface area (Å²) in [6.07, 6.45) is 0. The second kappa shape index (κ2) is 5.46. The summed E-state index contributed by atoms with van der Waals surface area (Å²) >= 11 is 9.33. The lowest BCUT2D eigenvalue weighted by Gasteiger charge is -2.11. The molecule has 3 nitrogen and oxygen atoms in total. The van der Waals surface area contributed by atoms with Crippen molar-refractivity contribution in [1.82, 2.24) is 4.98 Å². The van der Waals surface area contributed by atoms with E-state index in [9.17, 15) is 0 Å². The van der Waals surface area contributed by atoms with Crippen LogP contribution in [0.2, 0.25) is 5.15 Å². The lowest BCUT2D eigenvalue weighted by atomic mass is 10.2. The number of pyridine rings is 1. The monoisotopic (exact) mass is 350 g/mol. The molecule has 1 unspecified atom stereocenters. The highest BCUT2D eigenvalue weighted by molar-refractivity contribution is 9.10. The highest BCUT2D eigenvalue weighted by Gasteiger charge is 2.12. The van der Waals surface area contributed by atoms with Crippen molar-refractivity contribution >= 4 is 44.3 Å². The number of hydrogen-bond donors (Lipinski definition) is 1. The molecule has 0 saturated carbocycles. The molecule has 1 atom stereocenters. The van der Waals surface area contributed by atoms with Crippen molar-refractivity contribution in [2.75, 3.05) is 5.32 Å². The molecule has 0 fully saturated rings. The third-order valence-electron chi connectivity index (χ3n) is 3.00. The average molecular weight is 352 g/mol. The fraction of sp³-hybridized carbons (Fsp3) is 0.133. The van der Waals surface area contributed by atoms with Crippen LogP contribution < -0.4 is 5.32 Å². The van der Waals surface area contributed by atoms with Crippen molar-refractivity contribution in [3.63, 3.8) is 0 Å². The summed E-state index contributed by atoms with van der Waals surface area (Å²) in [7, 11) is 0. The van der Waals surface area contributed by atoms with Crippen molar-refractivity contribution in [2.24, 2.45) is 0 Å². The van der Waals surface area contributed by atoms with Gasteiger partial charge >= 0.3 is 0 Å². The predicted molar refractivity (Wildman–Crippen MR) is 85.2 cm³/mol. The molecule has 0 bridgehead atoms. The maximum Gasteiger partial charge on any atom is 0.134 e. The van der Waals surface area contributed by atoms with Crippen LogP contribution in [0.15, 0.2) is 51.4 Å². The van der Waals surface area contributed by atoms with E-state index >= 15 is 0 Å². The van der Waals surface area contributed by atoms with Gasteiger partial charge in [0.2, 0.25) is 0 Å². The molecule has 0 radical (unpaired) electrons. The number of furan rings is 1. The Morgan fingerprint density at radius 3 is 2.90 bits per heavy atom. The van der Waals surface area contributed by atoms with E-state index in [0.29, 0.717) is 5.15 Å². The van der Waals surface area contributed by atoms with Crippen molar-refractivity contribution < 1.29 is 4.42 Å². The molecule has 1 aromatic carbocycles. The minimum absolute atomic E-state index is 0.00661. The van der Waals surface area contributed by atoms with E-state index in [4.69, 9.17) is 16.0 Å². The smallest absolute Gasteiger partial charge is 0.134 e. The Kier molecular flexibility index (Phi) is 3.68. The number of aromatic nitrogens is 1. The summed E-state index contributed by atoms with van der Waals surface area (Å²) in [5.74, 6) is 1.59. The normalized spacial score (nSPS) is 12.6. The molecular formula is C15H12BrClN2O. The van der Waals surface area contributed by atoms with E-state index in [2.05, 4.69) is 26.2 Å². The summed E-state index contributed by atoms with van der Waals surface area (Å²) in [6.45, 7) is 2.02. The maximum absolute atomic E-state index is 5.88. The minimum Gasteiger partial charge on any atom is -0.459 e. The molecule has 2 aromatic heterocycles. The van der Waals surface area contributed by atoms with Crippen LogP contribution in [-0.4, -0.2) is 4.98 Å². The quantitative estimate of drug-likeness (QED) is 0.641. The van der Waals surface area contributed by atoms with Gasteiger partial charge in [0.25, 0.3) is 0 Å². The zero-order valence-electron chi connectivity index (χ0n) is 10.7. The van der Waals surface area contributed by atoms with Gasteiger partial charge in [0, 0.05) is 9.86 Å². The van der Waals surface area contributed by atoms with E-state index in [1.165, 1.54) is 0 Å². The number of nitrogens with one attached hydrogen (secondary N) is 1. The third kappa shape index (κ3) is 2.81. The molecule has 102 valence electrons. The topological polar surface area (TPSA) is 38.1 Å². The predicted octanol–water partition coefficient (Wildman–Crippen LogP) is 5.42. The third-order valence-corrected chi connectivity index (χ3v) is 3.71. The molecule has 0 amide bonds. The second-order valence-electron chi connectivity index (χ2n) is 4.54. The Morgan fingerprint density at radius 1 is 1.25 bits per heavy atom. The number of halogens is 2. The highest BCUT2D eigenvalue weighted by Crippen LogP contribution is 2.28. The van der Waals surface area contributed by atoms with Crippen molar-refractivity contribution in [3.05, 3.63) is 57.9 Å². The van der Waals surface area contributed by atoms with E-state index in [1.807, 2.05) is 43.3 Å². The molecule has 5 heteroatoms. The number of hydrogen-bond acceptors (Lipinski definition) is 3. The van der Waals surface area contributed by atoms with Gasteiger partial charge in [0.1, 0.15) is 22.3 Å². The van der Waals surface area contributed by atoms with Crippen LogP contribution in [0.3, 0.4) is 0 Å². The van der Waals surface area contributed by atoms with Gasteiger partial charge < -0.3 is 9.73 Å². The first kappa shape index (κ1) is 13.5. The molecule has 2 heterocycles. The van der Waals surface area contributed by atoms with Crippen LogP contribution in [0.25, 0.3) is 11.0 Å². The molecule has 1 N–H and O–H groups in total. The SMILES string of the molecule is CC(Nc1cccc(Cl)n1)c1cc2cc(Br)ccc2o1. The van der Waals surface area contributed by atoms with Crippen LogP contribution in [0.1, 0.15) is 18.7 Å². The number of nitrogens with zero attached hydrogens (tertiary/aromatic N) is 1. The van der Waals surface area contributed by atoms with Gasteiger partial charge in [-0.1, -0.05) is 33.6 Å². The van der Waals surface area contributed by atoms with Gasteiger partial charge in [-0.15, -0.1) is 0 Å². The van der Waals surface area contributed by atoms with Gasteiger partial charge in [-0.3, -0.25) is 0 Å². The van der Waals surface area contributed by atoms with Crippen LogP contribution in [0.5, 0.6) is 0 Å². The second-order valence-corrected chi connectivity index (χ2v) is 5.85. The van der Waals surface area contributed by atoms with Gasteiger partial charge in [-0.25, -0.2) is 4.98 Å². The largest absolute Gasteiger partial charge is 0.459 e. The first-order valence-electron chi connectivity index (χ1n) is 6.20. The van der Waals surface area contributed by atoms with Crippen LogP contribution in [0, 0.1) is 0 Å². The van der Waals surface area contributed by atoms with Crippen LogP contribution in [-0.2, 0) is 0 Å². The Morgan fingerprint density at radius 2 is 2.10 bits per heavy atom. The lowest BCUT2D eigenvalue weighted by Crippen LogP contribution is -2.06. The molecule has 20 heavy (non-hydrogen) atoms. The molecule has 3 aromatic rings. The summed E-state index contributed by atoms with van der Waals surface area (Å²) in [6, 6.07) is 13.5. The molecule has 0 spiro atoms.